The molecule has 1 N–H and O–H groups in total. The summed E-state index contributed by atoms with van der Waals surface area (Å²) in [7, 11) is 0. The van der Waals surface area contributed by atoms with Gasteiger partial charge in [-0.1, -0.05) is 18.5 Å². The second-order valence-corrected chi connectivity index (χ2v) is 6.46. The highest BCUT2D eigenvalue weighted by Gasteiger charge is 2.32. The van der Waals surface area contributed by atoms with Crippen LogP contribution in [0.4, 0.5) is 0 Å². The summed E-state index contributed by atoms with van der Waals surface area (Å²) in [6.07, 6.45) is 5.99. The maximum absolute atomic E-state index is 12.3. The minimum Gasteiger partial charge on any atom is -0.394 e. The molecule has 2 aromatic heterocycles. The van der Waals surface area contributed by atoms with Gasteiger partial charge in [0, 0.05) is 24.2 Å². The number of fused-ring (bicyclic) bond motifs is 1. The molecule has 112 valence electrons. The molecule has 21 heavy (non-hydrogen) atoms. The van der Waals surface area contributed by atoms with Gasteiger partial charge in [-0.05, 0) is 18.4 Å². The minimum atomic E-state index is -0.0975. The minimum absolute atomic E-state index is 0.00294. The van der Waals surface area contributed by atoms with Crippen molar-refractivity contribution in [1.82, 2.24) is 14.3 Å². The van der Waals surface area contributed by atoms with Crippen molar-refractivity contribution in [3.63, 3.8) is 0 Å². The maximum Gasteiger partial charge on any atom is 0.246 e. The Hall–Kier alpha value is -1.37. The Morgan fingerprint density at radius 1 is 1.67 bits per heavy atom. The highest BCUT2D eigenvalue weighted by atomic mass is 35.5. The lowest BCUT2D eigenvalue weighted by Crippen LogP contribution is -2.38. The van der Waals surface area contributed by atoms with Gasteiger partial charge >= 0.3 is 0 Å². The quantitative estimate of drug-likeness (QED) is 0.881. The summed E-state index contributed by atoms with van der Waals surface area (Å²) in [5, 5.41) is 11.7. The molecule has 0 bridgehead atoms. The van der Waals surface area contributed by atoms with E-state index in [-0.39, 0.29) is 18.6 Å². The van der Waals surface area contributed by atoms with Crippen LogP contribution in [0.5, 0.6) is 0 Å². The number of imidazole rings is 1. The molecule has 1 aliphatic heterocycles. The molecule has 1 fully saturated rings. The zero-order valence-corrected chi connectivity index (χ0v) is 13.1. The van der Waals surface area contributed by atoms with Crippen molar-refractivity contribution in [2.45, 2.75) is 19.4 Å². The van der Waals surface area contributed by atoms with Gasteiger partial charge in [-0.15, -0.1) is 11.3 Å². The number of rotatable bonds is 3. The number of hydrogen-bond donors (Lipinski definition) is 1. The molecule has 2 atom stereocenters. The summed E-state index contributed by atoms with van der Waals surface area (Å²) >= 11 is 7.58. The van der Waals surface area contributed by atoms with E-state index in [2.05, 4.69) is 11.9 Å². The van der Waals surface area contributed by atoms with Crippen LogP contribution in [0, 0.1) is 5.92 Å². The van der Waals surface area contributed by atoms with Crippen LogP contribution in [0.3, 0.4) is 0 Å². The van der Waals surface area contributed by atoms with E-state index in [1.165, 1.54) is 17.4 Å². The lowest BCUT2D eigenvalue weighted by atomic mass is 10.0. The van der Waals surface area contributed by atoms with Gasteiger partial charge in [0.15, 0.2) is 10.1 Å². The average Bonchev–Trinajstić information content (AvgIpc) is 3.11. The second kappa shape index (κ2) is 5.79. The van der Waals surface area contributed by atoms with E-state index < -0.39 is 0 Å². The number of amides is 1. The van der Waals surface area contributed by atoms with E-state index >= 15 is 0 Å². The van der Waals surface area contributed by atoms with Crippen LogP contribution in [0.25, 0.3) is 11.0 Å². The van der Waals surface area contributed by atoms with Crippen molar-refractivity contribution in [2.24, 2.45) is 5.92 Å². The number of thiazole rings is 1. The number of likely N-dealkylation sites (tertiary alicyclic amines) is 1. The molecule has 5 nitrogen and oxygen atoms in total. The van der Waals surface area contributed by atoms with Crippen LogP contribution in [-0.2, 0) is 4.79 Å². The molecule has 3 heterocycles. The smallest absolute Gasteiger partial charge is 0.246 e. The molecule has 2 aromatic rings. The molecule has 1 saturated heterocycles. The Morgan fingerprint density at radius 3 is 3.24 bits per heavy atom. The lowest BCUT2D eigenvalue weighted by molar-refractivity contribution is -0.127. The first-order chi connectivity index (χ1) is 10.1. The number of aliphatic hydroxyl groups is 1. The third kappa shape index (κ3) is 2.59. The molecule has 0 saturated carbocycles. The Balaban J connectivity index is 1.81. The number of hydrogen-bond acceptors (Lipinski definition) is 4. The molecule has 0 radical (unpaired) electrons. The number of carbonyl (C=O) groups is 1. The summed E-state index contributed by atoms with van der Waals surface area (Å²) in [5.41, 5.74) is 0.703. The van der Waals surface area contributed by atoms with Gasteiger partial charge in [0.05, 0.1) is 18.3 Å². The summed E-state index contributed by atoms with van der Waals surface area (Å²) in [6.45, 7) is 2.74. The van der Waals surface area contributed by atoms with Crippen LogP contribution in [-0.4, -0.2) is 44.5 Å². The molecule has 1 amide bonds. The lowest BCUT2D eigenvalue weighted by Gasteiger charge is -2.23. The van der Waals surface area contributed by atoms with E-state index in [9.17, 15) is 9.90 Å². The Labute approximate surface area is 131 Å². The third-order valence-electron chi connectivity index (χ3n) is 3.99. The van der Waals surface area contributed by atoms with Gasteiger partial charge < -0.3 is 10.0 Å². The number of nitrogens with zero attached hydrogens (tertiary/aromatic N) is 3. The molecule has 0 aliphatic carbocycles. The Bertz CT molecular complexity index is 694. The highest BCUT2D eigenvalue weighted by Crippen LogP contribution is 2.25. The fourth-order valence-corrected chi connectivity index (χ4v) is 3.74. The zero-order chi connectivity index (χ0) is 15.0. The molecule has 1 aliphatic rings. The summed E-state index contributed by atoms with van der Waals surface area (Å²) in [4.78, 5) is 19.0. The average molecular weight is 326 g/mol. The molecule has 2 unspecified atom stereocenters. The molecular weight excluding hydrogens is 310 g/mol. The van der Waals surface area contributed by atoms with Crippen molar-refractivity contribution in [3.8, 4) is 0 Å². The van der Waals surface area contributed by atoms with Gasteiger partial charge in [-0.3, -0.25) is 9.20 Å². The van der Waals surface area contributed by atoms with Crippen LogP contribution in [0.15, 0.2) is 17.7 Å². The van der Waals surface area contributed by atoms with Gasteiger partial charge in [0.2, 0.25) is 5.91 Å². The third-order valence-corrected chi connectivity index (χ3v) is 5.03. The first-order valence-corrected chi connectivity index (χ1v) is 8.08. The van der Waals surface area contributed by atoms with Crippen LogP contribution in [0.2, 0.25) is 5.15 Å². The Morgan fingerprint density at radius 2 is 2.48 bits per heavy atom. The zero-order valence-electron chi connectivity index (χ0n) is 11.6. The maximum atomic E-state index is 12.3. The predicted molar refractivity (Wildman–Crippen MR) is 83.5 cm³/mol. The first kappa shape index (κ1) is 14.6. The van der Waals surface area contributed by atoms with Crippen molar-refractivity contribution >= 4 is 39.9 Å². The standard InChI is InChI=1S/C14H16ClN3O2S/c1-9-4-5-17(11(9)8-19)12(20)3-2-10-13(15)16-14-18(10)6-7-21-14/h2-3,6-7,9,11,19H,4-5,8H2,1H3/b3-2+. The fourth-order valence-electron chi connectivity index (χ4n) is 2.73. The van der Waals surface area contributed by atoms with Crippen molar-refractivity contribution in [1.29, 1.82) is 0 Å². The molecule has 0 aromatic carbocycles. The van der Waals surface area contributed by atoms with Gasteiger partial charge in [-0.25, -0.2) is 4.98 Å². The number of aromatic nitrogens is 2. The van der Waals surface area contributed by atoms with E-state index in [4.69, 9.17) is 11.6 Å². The van der Waals surface area contributed by atoms with Gasteiger partial charge in [0.1, 0.15) is 0 Å². The van der Waals surface area contributed by atoms with Crippen LogP contribution >= 0.6 is 22.9 Å². The molecule has 7 heteroatoms. The summed E-state index contributed by atoms with van der Waals surface area (Å²) in [5.74, 6) is 0.231. The highest BCUT2D eigenvalue weighted by molar-refractivity contribution is 7.15. The predicted octanol–water partition coefficient (Wildman–Crippen LogP) is 2.29. The van der Waals surface area contributed by atoms with E-state index in [1.54, 1.807) is 11.0 Å². The van der Waals surface area contributed by atoms with Gasteiger partial charge in [0.25, 0.3) is 0 Å². The van der Waals surface area contributed by atoms with Gasteiger partial charge in [-0.2, -0.15) is 0 Å². The topological polar surface area (TPSA) is 57.8 Å². The van der Waals surface area contributed by atoms with E-state index in [0.29, 0.717) is 23.3 Å². The van der Waals surface area contributed by atoms with Crippen molar-refractivity contribution in [2.75, 3.05) is 13.2 Å². The summed E-state index contributed by atoms with van der Waals surface area (Å²) < 4.78 is 1.85. The molecular formula is C14H16ClN3O2S. The number of aliphatic hydroxyl groups excluding tert-OH is 1. The van der Waals surface area contributed by atoms with Crippen molar-refractivity contribution in [3.05, 3.63) is 28.5 Å². The SMILES string of the molecule is CC1CCN(C(=O)/C=C/c2c(Cl)nc3sccn23)C1CO. The van der Waals surface area contributed by atoms with E-state index in [0.717, 1.165) is 11.4 Å². The molecule has 3 rings (SSSR count). The number of carbonyl (C=O) groups excluding carboxylic acids is 1. The first-order valence-electron chi connectivity index (χ1n) is 6.82. The van der Waals surface area contributed by atoms with Crippen LogP contribution < -0.4 is 0 Å². The van der Waals surface area contributed by atoms with Crippen LogP contribution in [0.1, 0.15) is 19.0 Å². The largest absolute Gasteiger partial charge is 0.394 e. The van der Waals surface area contributed by atoms with Crippen molar-refractivity contribution < 1.29 is 9.90 Å². The normalized spacial score (nSPS) is 22.7. The monoisotopic (exact) mass is 325 g/mol. The van der Waals surface area contributed by atoms with E-state index in [1.807, 2.05) is 16.0 Å². The second-order valence-electron chi connectivity index (χ2n) is 5.22. The molecule has 0 spiro atoms. The summed E-state index contributed by atoms with van der Waals surface area (Å²) in [6, 6.07) is -0.0933. The Kier molecular flexibility index (Phi) is 4.01. The fraction of sp³-hybridized carbons (Fsp3) is 0.429. The number of halogens is 1.